The molecular formula is C19H32N6O2. The molecule has 150 valence electrons. The van der Waals surface area contributed by atoms with E-state index in [1.807, 2.05) is 0 Å². The lowest BCUT2D eigenvalue weighted by Gasteiger charge is -2.36. The van der Waals surface area contributed by atoms with Gasteiger partial charge in [-0.05, 0) is 32.1 Å². The van der Waals surface area contributed by atoms with E-state index in [0.29, 0.717) is 5.82 Å². The summed E-state index contributed by atoms with van der Waals surface area (Å²) in [6.45, 7) is 8.82. The summed E-state index contributed by atoms with van der Waals surface area (Å²) in [4.78, 5) is 25.8. The predicted octanol–water partition coefficient (Wildman–Crippen LogP) is 0.685. The third-order valence-electron chi connectivity index (χ3n) is 5.35. The molecule has 3 heterocycles. The minimum Gasteiger partial charge on any atom is -0.381 e. The van der Waals surface area contributed by atoms with Crippen LogP contribution >= 0.6 is 0 Å². The lowest BCUT2D eigenvalue weighted by Crippen LogP contribution is -2.53. The molecule has 3 rings (SSSR count). The van der Waals surface area contributed by atoms with Crippen LogP contribution in [0.2, 0.25) is 0 Å². The molecule has 2 aliphatic rings. The summed E-state index contributed by atoms with van der Waals surface area (Å²) in [5.74, 6) is 2.27. The van der Waals surface area contributed by atoms with Gasteiger partial charge in [0.2, 0.25) is 0 Å². The van der Waals surface area contributed by atoms with Crippen LogP contribution in [0.3, 0.4) is 0 Å². The molecule has 2 aliphatic heterocycles. The number of hydrogen-bond donors (Lipinski definition) is 1. The van der Waals surface area contributed by atoms with Crippen molar-refractivity contribution in [2.45, 2.75) is 26.2 Å². The summed E-state index contributed by atoms with van der Waals surface area (Å²) >= 11 is 0. The number of aryl methyl sites for hydroxylation is 1. The van der Waals surface area contributed by atoms with E-state index in [2.05, 4.69) is 27.0 Å². The van der Waals surface area contributed by atoms with Crippen LogP contribution in [0.5, 0.6) is 0 Å². The third kappa shape index (κ3) is 5.22. The lowest BCUT2D eigenvalue weighted by molar-refractivity contribution is 0.0646. The van der Waals surface area contributed by atoms with Gasteiger partial charge in [-0.25, -0.2) is 4.98 Å². The highest BCUT2D eigenvalue weighted by Crippen LogP contribution is 2.18. The van der Waals surface area contributed by atoms with Crippen molar-refractivity contribution >= 4 is 11.8 Å². The Kier molecular flexibility index (Phi) is 7.09. The Hall–Kier alpha value is -2.09. The first-order chi connectivity index (χ1) is 13.2. The fraction of sp³-hybridized carbons (Fsp3) is 0.737. The van der Waals surface area contributed by atoms with Crippen molar-refractivity contribution in [2.75, 3.05) is 57.4 Å². The highest BCUT2D eigenvalue weighted by Gasteiger charge is 2.22. The van der Waals surface area contributed by atoms with Gasteiger partial charge in [0.25, 0.3) is 5.56 Å². The molecule has 0 aromatic carbocycles. The second-order valence-electron chi connectivity index (χ2n) is 7.22. The molecule has 1 aromatic heterocycles. The van der Waals surface area contributed by atoms with Crippen LogP contribution in [0.4, 0.5) is 5.82 Å². The molecule has 0 bridgehead atoms. The van der Waals surface area contributed by atoms with E-state index in [-0.39, 0.29) is 5.56 Å². The lowest BCUT2D eigenvalue weighted by atomic mass is 9.97. The standard InChI is InChI=1S/C19H32N6O2/c1-3-20-19(22-7-4-16-5-14-27-15-6-16)25-12-10-24(11-13-25)17-18(26)23(2)9-8-21-17/h8-9,16H,3-7,10-15H2,1-2H3,(H,20,22). The number of piperazine rings is 1. The molecule has 0 amide bonds. The fourth-order valence-electron chi connectivity index (χ4n) is 3.65. The summed E-state index contributed by atoms with van der Waals surface area (Å²) in [6.07, 6.45) is 6.82. The number of nitrogens with zero attached hydrogens (tertiary/aromatic N) is 5. The van der Waals surface area contributed by atoms with E-state index in [1.165, 1.54) is 0 Å². The summed E-state index contributed by atoms with van der Waals surface area (Å²) in [5.41, 5.74) is -0.0389. The molecular weight excluding hydrogens is 344 g/mol. The van der Waals surface area contributed by atoms with Gasteiger partial charge in [0.15, 0.2) is 11.8 Å². The maximum atomic E-state index is 12.3. The van der Waals surface area contributed by atoms with Crippen LogP contribution in [-0.4, -0.2) is 72.9 Å². The predicted molar refractivity (Wildman–Crippen MR) is 107 cm³/mol. The summed E-state index contributed by atoms with van der Waals surface area (Å²) in [5, 5.41) is 3.42. The molecule has 27 heavy (non-hydrogen) atoms. The van der Waals surface area contributed by atoms with Gasteiger partial charge < -0.3 is 24.4 Å². The van der Waals surface area contributed by atoms with Crippen LogP contribution < -0.4 is 15.8 Å². The van der Waals surface area contributed by atoms with E-state index in [9.17, 15) is 4.79 Å². The average Bonchev–Trinajstić information content (AvgIpc) is 2.70. The first-order valence-electron chi connectivity index (χ1n) is 10.1. The van der Waals surface area contributed by atoms with Crippen LogP contribution in [0, 0.1) is 5.92 Å². The zero-order valence-electron chi connectivity index (χ0n) is 16.6. The summed E-state index contributed by atoms with van der Waals surface area (Å²) in [7, 11) is 1.76. The number of aromatic nitrogens is 2. The van der Waals surface area contributed by atoms with E-state index in [4.69, 9.17) is 9.73 Å². The minimum absolute atomic E-state index is 0.0389. The largest absolute Gasteiger partial charge is 0.381 e. The number of hydrogen-bond acceptors (Lipinski definition) is 5. The molecule has 8 heteroatoms. The molecule has 0 saturated carbocycles. The number of nitrogens with one attached hydrogen (secondary N) is 1. The van der Waals surface area contributed by atoms with Gasteiger partial charge in [-0.15, -0.1) is 0 Å². The van der Waals surface area contributed by atoms with Gasteiger partial charge in [-0.3, -0.25) is 9.79 Å². The molecule has 0 atom stereocenters. The maximum absolute atomic E-state index is 12.3. The second kappa shape index (κ2) is 9.73. The van der Waals surface area contributed by atoms with Crippen molar-refractivity contribution in [1.29, 1.82) is 0 Å². The van der Waals surface area contributed by atoms with Crippen LogP contribution in [0.15, 0.2) is 22.2 Å². The summed E-state index contributed by atoms with van der Waals surface area (Å²) < 4.78 is 7.01. The Bertz CT molecular complexity index is 675. The number of ether oxygens (including phenoxy) is 1. The molecule has 0 unspecified atom stereocenters. The van der Waals surface area contributed by atoms with Crippen LogP contribution in [0.25, 0.3) is 0 Å². The van der Waals surface area contributed by atoms with Gasteiger partial charge in [0.1, 0.15) is 0 Å². The monoisotopic (exact) mass is 376 g/mol. The average molecular weight is 377 g/mol. The molecule has 2 fully saturated rings. The highest BCUT2D eigenvalue weighted by atomic mass is 16.5. The van der Waals surface area contributed by atoms with Crippen molar-refractivity contribution < 1.29 is 4.74 Å². The number of rotatable bonds is 5. The van der Waals surface area contributed by atoms with Crippen molar-refractivity contribution in [2.24, 2.45) is 18.0 Å². The maximum Gasteiger partial charge on any atom is 0.293 e. The fourth-order valence-corrected chi connectivity index (χ4v) is 3.65. The SMILES string of the molecule is CCNC(=NCCC1CCOCC1)N1CCN(c2nccn(C)c2=O)CC1. The van der Waals surface area contributed by atoms with Gasteiger partial charge in [-0.1, -0.05) is 0 Å². The Morgan fingerprint density at radius 2 is 2.04 bits per heavy atom. The van der Waals surface area contributed by atoms with Gasteiger partial charge in [0.05, 0.1) is 0 Å². The number of guanidine groups is 1. The Morgan fingerprint density at radius 3 is 2.74 bits per heavy atom. The number of anilines is 1. The molecule has 0 radical (unpaired) electrons. The molecule has 0 spiro atoms. The Morgan fingerprint density at radius 1 is 1.30 bits per heavy atom. The van der Waals surface area contributed by atoms with Crippen molar-refractivity contribution in [3.05, 3.63) is 22.7 Å². The molecule has 1 N–H and O–H groups in total. The van der Waals surface area contributed by atoms with Gasteiger partial charge in [0, 0.05) is 71.9 Å². The zero-order chi connectivity index (χ0) is 19.1. The van der Waals surface area contributed by atoms with Crippen molar-refractivity contribution in [3.8, 4) is 0 Å². The molecule has 8 nitrogen and oxygen atoms in total. The van der Waals surface area contributed by atoms with E-state index in [1.54, 1.807) is 24.0 Å². The van der Waals surface area contributed by atoms with Gasteiger partial charge >= 0.3 is 0 Å². The van der Waals surface area contributed by atoms with Crippen LogP contribution in [0.1, 0.15) is 26.2 Å². The smallest absolute Gasteiger partial charge is 0.293 e. The van der Waals surface area contributed by atoms with E-state index < -0.39 is 0 Å². The Balaban J connectivity index is 1.55. The zero-order valence-corrected chi connectivity index (χ0v) is 16.6. The molecule has 1 aromatic rings. The van der Waals surface area contributed by atoms with E-state index >= 15 is 0 Å². The topological polar surface area (TPSA) is 75.0 Å². The normalized spacial score (nSPS) is 19.4. The van der Waals surface area contributed by atoms with E-state index in [0.717, 1.165) is 83.6 Å². The second-order valence-corrected chi connectivity index (χ2v) is 7.22. The third-order valence-corrected chi connectivity index (χ3v) is 5.35. The first kappa shape index (κ1) is 19.7. The first-order valence-corrected chi connectivity index (χ1v) is 10.1. The van der Waals surface area contributed by atoms with Crippen molar-refractivity contribution in [1.82, 2.24) is 19.8 Å². The molecule has 2 saturated heterocycles. The van der Waals surface area contributed by atoms with Crippen molar-refractivity contribution in [3.63, 3.8) is 0 Å². The van der Waals surface area contributed by atoms with Gasteiger partial charge in [-0.2, -0.15) is 0 Å². The highest BCUT2D eigenvalue weighted by molar-refractivity contribution is 5.80. The quantitative estimate of drug-likeness (QED) is 0.602. The summed E-state index contributed by atoms with van der Waals surface area (Å²) in [6, 6.07) is 0. The minimum atomic E-state index is -0.0389. The van der Waals surface area contributed by atoms with Crippen LogP contribution in [-0.2, 0) is 11.8 Å². The number of aliphatic imine (C=N–C) groups is 1. The molecule has 0 aliphatic carbocycles. The Labute approximate surface area is 161 Å².